The highest BCUT2D eigenvalue weighted by atomic mass is 19.4. The van der Waals surface area contributed by atoms with E-state index < -0.39 is 18.8 Å². The van der Waals surface area contributed by atoms with Gasteiger partial charge < -0.3 is 14.4 Å². The van der Waals surface area contributed by atoms with Gasteiger partial charge in [-0.05, 0) is 12.5 Å². The summed E-state index contributed by atoms with van der Waals surface area (Å²) in [5, 5.41) is 9.74. The van der Waals surface area contributed by atoms with Crippen molar-refractivity contribution in [3.8, 4) is 0 Å². The molecular weight excluding hydrogens is 287 g/mol. The second-order valence-corrected chi connectivity index (χ2v) is 4.58. The summed E-state index contributed by atoms with van der Waals surface area (Å²) in [5.74, 6) is -1.03. The van der Waals surface area contributed by atoms with Crippen molar-refractivity contribution in [1.29, 1.82) is 0 Å². The van der Waals surface area contributed by atoms with Gasteiger partial charge >= 0.3 is 12.1 Å². The van der Waals surface area contributed by atoms with Gasteiger partial charge in [-0.25, -0.2) is 4.79 Å². The number of hydrogen-bond donors (Lipinski definition) is 1. The van der Waals surface area contributed by atoms with Crippen molar-refractivity contribution in [2.45, 2.75) is 19.1 Å². The molecule has 0 aliphatic rings. The molecule has 0 atom stereocenters. The second kappa shape index (κ2) is 6.17. The molecule has 0 aliphatic heterocycles. The Morgan fingerprint density at radius 1 is 1.29 bits per heavy atom. The summed E-state index contributed by atoms with van der Waals surface area (Å²) in [6.07, 6.45) is -2.46. The van der Waals surface area contributed by atoms with Crippen LogP contribution in [0.2, 0.25) is 0 Å². The van der Waals surface area contributed by atoms with E-state index in [0.29, 0.717) is 18.4 Å². The van der Waals surface area contributed by atoms with Crippen molar-refractivity contribution in [3.05, 3.63) is 36.0 Å². The Hall–Kier alpha value is -2.02. The molecule has 2 rings (SSSR count). The van der Waals surface area contributed by atoms with E-state index in [0.717, 1.165) is 5.52 Å². The van der Waals surface area contributed by atoms with Gasteiger partial charge in [0.1, 0.15) is 6.61 Å². The molecule has 0 bridgehead atoms. The van der Waals surface area contributed by atoms with Crippen LogP contribution >= 0.6 is 0 Å². The van der Waals surface area contributed by atoms with Crippen LogP contribution in [0, 0.1) is 0 Å². The number of aromatic carboxylic acids is 1. The lowest BCUT2D eigenvalue weighted by Gasteiger charge is -2.08. The Kier molecular flexibility index (Phi) is 4.52. The second-order valence-electron chi connectivity index (χ2n) is 4.58. The number of carboxylic acid groups (broad SMARTS) is 1. The molecular formula is C14H14F3NO3. The van der Waals surface area contributed by atoms with Gasteiger partial charge in [-0.3, -0.25) is 0 Å². The summed E-state index contributed by atoms with van der Waals surface area (Å²) in [7, 11) is 0. The smallest absolute Gasteiger partial charge is 0.411 e. The molecule has 0 fully saturated rings. The Morgan fingerprint density at radius 2 is 2.00 bits per heavy atom. The van der Waals surface area contributed by atoms with Crippen molar-refractivity contribution < 1.29 is 27.8 Å². The standard InChI is InChI=1S/C14H14F3NO3/c15-14(16,17)9-21-7-3-6-18-8-11(13(19)20)10-4-1-2-5-12(10)18/h1-2,4-5,8H,3,6-7,9H2,(H,19,20). The summed E-state index contributed by atoms with van der Waals surface area (Å²) in [6, 6.07) is 7.00. The highest BCUT2D eigenvalue weighted by Crippen LogP contribution is 2.21. The number of carboxylic acids is 1. The maximum Gasteiger partial charge on any atom is 0.411 e. The number of hydrogen-bond acceptors (Lipinski definition) is 2. The molecule has 114 valence electrons. The molecule has 0 unspecified atom stereocenters. The largest absolute Gasteiger partial charge is 0.478 e. The van der Waals surface area contributed by atoms with E-state index in [2.05, 4.69) is 4.74 Å². The maximum absolute atomic E-state index is 11.9. The molecule has 7 heteroatoms. The first-order chi connectivity index (χ1) is 9.88. The van der Waals surface area contributed by atoms with Crippen molar-refractivity contribution in [2.75, 3.05) is 13.2 Å². The molecule has 0 spiro atoms. The minimum absolute atomic E-state index is 0.0333. The van der Waals surface area contributed by atoms with E-state index in [1.54, 1.807) is 28.8 Å². The number of nitrogens with zero attached hydrogens (tertiary/aromatic N) is 1. The topological polar surface area (TPSA) is 51.5 Å². The number of para-hydroxylation sites is 1. The van der Waals surface area contributed by atoms with Crippen molar-refractivity contribution in [3.63, 3.8) is 0 Å². The van der Waals surface area contributed by atoms with E-state index >= 15 is 0 Å². The first-order valence-corrected chi connectivity index (χ1v) is 6.34. The predicted octanol–water partition coefficient (Wildman–Crippen LogP) is 3.31. The monoisotopic (exact) mass is 301 g/mol. The Labute approximate surface area is 118 Å². The van der Waals surface area contributed by atoms with Crippen LogP contribution < -0.4 is 0 Å². The molecule has 0 saturated heterocycles. The number of carbonyl (C=O) groups is 1. The molecule has 4 nitrogen and oxygen atoms in total. The molecule has 0 amide bonds. The third-order valence-corrected chi connectivity index (χ3v) is 2.97. The summed E-state index contributed by atoms with van der Waals surface area (Å²) in [6.45, 7) is -0.903. The molecule has 0 aliphatic carbocycles. The van der Waals surface area contributed by atoms with E-state index in [4.69, 9.17) is 5.11 Å². The average molecular weight is 301 g/mol. The van der Waals surface area contributed by atoms with Crippen LogP contribution in [0.1, 0.15) is 16.8 Å². The van der Waals surface area contributed by atoms with Crippen molar-refractivity contribution in [2.24, 2.45) is 0 Å². The van der Waals surface area contributed by atoms with E-state index in [1.165, 1.54) is 6.20 Å². The Balaban J connectivity index is 2.01. The van der Waals surface area contributed by atoms with Gasteiger partial charge in [0.05, 0.1) is 5.56 Å². The lowest BCUT2D eigenvalue weighted by molar-refractivity contribution is -0.174. The summed E-state index contributed by atoms with van der Waals surface area (Å²) in [4.78, 5) is 11.2. The average Bonchev–Trinajstić information content (AvgIpc) is 2.76. The minimum atomic E-state index is -4.32. The summed E-state index contributed by atoms with van der Waals surface area (Å²) in [5.41, 5.74) is 0.924. The fraction of sp³-hybridized carbons (Fsp3) is 0.357. The van der Waals surface area contributed by atoms with E-state index in [-0.39, 0.29) is 12.2 Å². The summed E-state index contributed by atoms with van der Waals surface area (Å²) < 4.78 is 42.0. The Bertz CT molecular complexity index is 634. The molecule has 0 saturated carbocycles. The van der Waals surface area contributed by atoms with Gasteiger partial charge in [-0.2, -0.15) is 13.2 Å². The van der Waals surface area contributed by atoms with Crippen molar-refractivity contribution >= 4 is 16.9 Å². The van der Waals surface area contributed by atoms with Crippen LogP contribution in [0.3, 0.4) is 0 Å². The summed E-state index contributed by atoms with van der Waals surface area (Å²) >= 11 is 0. The van der Waals surface area contributed by atoms with E-state index in [9.17, 15) is 18.0 Å². The zero-order chi connectivity index (χ0) is 15.5. The third-order valence-electron chi connectivity index (χ3n) is 2.97. The van der Waals surface area contributed by atoms with Gasteiger partial charge in [0.2, 0.25) is 0 Å². The van der Waals surface area contributed by atoms with E-state index in [1.807, 2.05) is 0 Å². The lowest BCUT2D eigenvalue weighted by atomic mass is 10.2. The molecule has 1 heterocycles. The number of aromatic nitrogens is 1. The molecule has 0 radical (unpaired) electrons. The van der Waals surface area contributed by atoms with Gasteiger partial charge in [0.25, 0.3) is 0 Å². The van der Waals surface area contributed by atoms with Crippen LogP contribution in [0.5, 0.6) is 0 Å². The van der Waals surface area contributed by atoms with Gasteiger partial charge in [0.15, 0.2) is 0 Å². The number of aryl methyl sites for hydroxylation is 1. The van der Waals surface area contributed by atoms with Crippen LogP contribution in [0.15, 0.2) is 30.5 Å². The normalized spacial score (nSPS) is 12.0. The first-order valence-electron chi connectivity index (χ1n) is 6.34. The van der Waals surface area contributed by atoms with Crippen LogP contribution in [0.4, 0.5) is 13.2 Å². The predicted molar refractivity (Wildman–Crippen MR) is 70.4 cm³/mol. The van der Waals surface area contributed by atoms with Gasteiger partial charge in [0, 0.05) is 30.3 Å². The number of halogens is 3. The quantitative estimate of drug-likeness (QED) is 0.833. The SMILES string of the molecule is O=C(O)c1cn(CCCOCC(F)(F)F)c2ccccc12. The number of fused-ring (bicyclic) bond motifs is 1. The highest BCUT2D eigenvalue weighted by Gasteiger charge is 2.27. The van der Waals surface area contributed by atoms with Crippen molar-refractivity contribution in [1.82, 2.24) is 4.57 Å². The maximum atomic E-state index is 11.9. The highest BCUT2D eigenvalue weighted by molar-refractivity contribution is 6.03. The number of benzene rings is 1. The molecule has 1 aromatic carbocycles. The lowest BCUT2D eigenvalue weighted by Crippen LogP contribution is -2.17. The third kappa shape index (κ3) is 3.98. The van der Waals surface area contributed by atoms with Crippen LogP contribution in [0.25, 0.3) is 10.9 Å². The van der Waals surface area contributed by atoms with Crippen LogP contribution in [-0.4, -0.2) is 35.0 Å². The van der Waals surface area contributed by atoms with Crippen LogP contribution in [-0.2, 0) is 11.3 Å². The number of rotatable bonds is 6. The van der Waals surface area contributed by atoms with Gasteiger partial charge in [-0.1, -0.05) is 18.2 Å². The molecule has 21 heavy (non-hydrogen) atoms. The fourth-order valence-corrected chi connectivity index (χ4v) is 2.13. The zero-order valence-electron chi connectivity index (χ0n) is 11.1. The molecule has 1 N–H and O–H groups in total. The minimum Gasteiger partial charge on any atom is -0.478 e. The van der Waals surface area contributed by atoms with Gasteiger partial charge in [-0.15, -0.1) is 0 Å². The fourth-order valence-electron chi connectivity index (χ4n) is 2.13. The number of alkyl halides is 3. The first kappa shape index (κ1) is 15.4. The molecule has 2 aromatic rings. The number of ether oxygens (including phenoxy) is 1. The Morgan fingerprint density at radius 3 is 2.67 bits per heavy atom. The molecule has 1 aromatic heterocycles. The zero-order valence-corrected chi connectivity index (χ0v) is 11.1.